The topological polar surface area (TPSA) is 41.6 Å². The molecule has 0 saturated heterocycles. The minimum atomic E-state index is 0.0101. The van der Waals surface area contributed by atoms with E-state index < -0.39 is 0 Å². The fraction of sp³-hybridized carbons (Fsp3) is 0.455. The average molecular weight is 189 g/mol. The maximum absolute atomic E-state index is 4.52. The first kappa shape index (κ1) is 9.19. The van der Waals surface area contributed by atoms with Crippen molar-refractivity contribution in [1.29, 1.82) is 0 Å². The Hall–Kier alpha value is -1.38. The molecule has 0 aliphatic heterocycles. The average Bonchev–Trinajstić information content (AvgIpc) is 2.50. The highest BCUT2D eigenvalue weighted by Crippen LogP contribution is 2.21. The van der Waals surface area contributed by atoms with Crippen molar-refractivity contribution in [3.63, 3.8) is 0 Å². The zero-order chi connectivity index (χ0) is 10.3. The highest BCUT2D eigenvalue weighted by molar-refractivity contribution is 5.76. The Morgan fingerprint density at radius 3 is 2.57 bits per heavy atom. The molecule has 14 heavy (non-hydrogen) atoms. The van der Waals surface area contributed by atoms with Gasteiger partial charge in [-0.05, 0) is 13.0 Å². The molecule has 0 radical (unpaired) electrons. The molecule has 0 atom stereocenters. The molecule has 0 aliphatic carbocycles. The van der Waals surface area contributed by atoms with Crippen molar-refractivity contribution in [2.24, 2.45) is 0 Å². The first-order chi connectivity index (χ1) is 6.48. The van der Waals surface area contributed by atoms with Gasteiger partial charge in [0.1, 0.15) is 5.82 Å². The number of nitrogens with one attached hydrogen (secondary N) is 1. The third kappa shape index (κ3) is 1.39. The summed E-state index contributed by atoms with van der Waals surface area (Å²) in [4.78, 5) is 12.2. The smallest absolute Gasteiger partial charge is 0.134 e. The lowest BCUT2D eigenvalue weighted by molar-refractivity contribution is 0.546. The lowest BCUT2D eigenvalue weighted by Gasteiger charge is -2.16. The molecule has 74 valence electrons. The van der Waals surface area contributed by atoms with Crippen molar-refractivity contribution in [3.05, 3.63) is 23.8 Å². The number of hydrogen-bond acceptors (Lipinski definition) is 2. The molecule has 0 unspecified atom stereocenters. The van der Waals surface area contributed by atoms with Crippen LogP contribution in [0.1, 0.15) is 32.3 Å². The number of aromatic nitrogens is 3. The van der Waals surface area contributed by atoms with E-state index in [0.29, 0.717) is 0 Å². The fourth-order valence-corrected chi connectivity index (χ4v) is 1.43. The first-order valence-corrected chi connectivity index (χ1v) is 4.81. The summed E-state index contributed by atoms with van der Waals surface area (Å²) >= 11 is 0. The Bertz CT molecular complexity index is 463. The molecular formula is C11H15N3. The summed E-state index contributed by atoms with van der Waals surface area (Å²) in [5.41, 5.74) is 3.07. The third-order valence-electron chi connectivity index (χ3n) is 2.26. The van der Waals surface area contributed by atoms with Gasteiger partial charge in [-0.25, -0.2) is 9.97 Å². The van der Waals surface area contributed by atoms with Gasteiger partial charge in [0.2, 0.25) is 0 Å². The fourth-order valence-electron chi connectivity index (χ4n) is 1.43. The number of H-pyrrole nitrogens is 1. The van der Waals surface area contributed by atoms with Gasteiger partial charge in [-0.2, -0.15) is 0 Å². The Kier molecular flexibility index (Phi) is 1.84. The van der Waals surface area contributed by atoms with Gasteiger partial charge in [-0.15, -0.1) is 0 Å². The normalized spacial score (nSPS) is 12.3. The molecule has 1 N–H and O–H groups in total. The van der Waals surface area contributed by atoms with Gasteiger partial charge in [0.05, 0.1) is 16.7 Å². The van der Waals surface area contributed by atoms with E-state index in [2.05, 4.69) is 35.7 Å². The molecule has 2 rings (SSSR count). The number of aryl methyl sites for hydroxylation is 1. The molecule has 2 heterocycles. The Morgan fingerprint density at radius 2 is 1.93 bits per heavy atom. The van der Waals surface area contributed by atoms with E-state index in [1.165, 1.54) is 0 Å². The maximum atomic E-state index is 4.52. The summed E-state index contributed by atoms with van der Waals surface area (Å²) in [6.07, 6.45) is 1.90. The minimum Gasteiger partial charge on any atom is -0.358 e. The van der Waals surface area contributed by atoms with E-state index in [0.717, 1.165) is 22.6 Å². The van der Waals surface area contributed by atoms with E-state index in [1.54, 1.807) is 0 Å². The van der Waals surface area contributed by atoms with Gasteiger partial charge in [0, 0.05) is 11.6 Å². The van der Waals surface area contributed by atoms with Crippen LogP contribution in [0.4, 0.5) is 0 Å². The zero-order valence-corrected chi connectivity index (χ0v) is 9.05. The van der Waals surface area contributed by atoms with Crippen LogP contribution in [-0.4, -0.2) is 15.0 Å². The summed E-state index contributed by atoms with van der Waals surface area (Å²) in [6, 6.07) is 1.99. The number of aromatic amines is 1. The van der Waals surface area contributed by atoms with Crippen LogP contribution in [0.3, 0.4) is 0 Å². The van der Waals surface area contributed by atoms with E-state index >= 15 is 0 Å². The predicted octanol–water partition coefficient (Wildman–Crippen LogP) is 2.56. The molecule has 3 heteroatoms. The lowest BCUT2D eigenvalue weighted by atomic mass is 9.95. The van der Waals surface area contributed by atoms with Crippen molar-refractivity contribution in [2.75, 3.05) is 0 Å². The highest BCUT2D eigenvalue weighted by atomic mass is 14.9. The third-order valence-corrected chi connectivity index (χ3v) is 2.26. The van der Waals surface area contributed by atoms with Crippen molar-refractivity contribution in [1.82, 2.24) is 15.0 Å². The van der Waals surface area contributed by atoms with Crippen LogP contribution < -0.4 is 0 Å². The van der Waals surface area contributed by atoms with Crippen molar-refractivity contribution in [2.45, 2.75) is 33.1 Å². The molecule has 0 aliphatic rings. The predicted molar refractivity (Wildman–Crippen MR) is 57.3 cm³/mol. The zero-order valence-electron chi connectivity index (χ0n) is 9.05. The molecule has 0 spiro atoms. The number of rotatable bonds is 0. The first-order valence-electron chi connectivity index (χ1n) is 4.81. The van der Waals surface area contributed by atoms with E-state index in [9.17, 15) is 0 Å². The Morgan fingerprint density at radius 1 is 1.21 bits per heavy atom. The summed E-state index contributed by atoms with van der Waals surface area (Å²) in [5.74, 6) is 0.905. The van der Waals surface area contributed by atoms with Crippen LogP contribution >= 0.6 is 0 Å². The largest absolute Gasteiger partial charge is 0.358 e. The SMILES string of the molecule is Cc1nc(C(C)(C)C)nc2cc[nH]c12. The van der Waals surface area contributed by atoms with E-state index in [-0.39, 0.29) is 5.41 Å². The molecule has 0 bridgehead atoms. The van der Waals surface area contributed by atoms with Crippen molar-refractivity contribution >= 4 is 11.0 Å². The van der Waals surface area contributed by atoms with Crippen LogP contribution in [0.2, 0.25) is 0 Å². The highest BCUT2D eigenvalue weighted by Gasteiger charge is 2.18. The van der Waals surface area contributed by atoms with Crippen LogP contribution in [0.5, 0.6) is 0 Å². The monoisotopic (exact) mass is 189 g/mol. The van der Waals surface area contributed by atoms with Crippen LogP contribution in [0.25, 0.3) is 11.0 Å². The van der Waals surface area contributed by atoms with Gasteiger partial charge in [0.15, 0.2) is 0 Å². The van der Waals surface area contributed by atoms with Crippen molar-refractivity contribution in [3.8, 4) is 0 Å². The summed E-state index contributed by atoms with van der Waals surface area (Å²) in [5, 5.41) is 0. The maximum Gasteiger partial charge on any atom is 0.134 e. The summed E-state index contributed by atoms with van der Waals surface area (Å²) < 4.78 is 0. The van der Waals surface area contributed by atoms with Crippen LogP contribution in [-0.2, 0) is 5.41 Å². The minimum absolute atomic E-state index is 0.0101. The second-order valence-corrected chi connectivity index (χ2v) is 4.62. The Labute approximate surface area is 83.6 Å². The van der Waals surface area contributed by atoms with Gasteiger partial charge < -0.3 is 4.98 Å². The number of fused-ring (bicyclic) bond motifs is 1. The molecule has 0 amide bonds. The molecule has 2 aromatic heterocycles. The standard InChI is InChI=1S/C11H15N3/c1-7-9-8(5-6-12-9)14-10(13-7)11(2,3)4/h5-6,12H,1-4H3. The second kappa shape index (κ2) is 2.80. The van der Waals surface area contributed by atoms with Crippen LogP contribution in [0.15, 0.2) is 12.3 Å². The van der Waals surface area contributed by atoms with Gasteiger partial charge in [0.25, 0.3) is 0 Å². The van der Waals surface area contributed by atoms with Gasteiger partial charge in [-0.3, -0.25) is 0 Å². The molecule has 2 aromatic rings. The molecule has 0 saturated carbocycles. The quantitative estimate of drug-likeness (QED) is 0.692. The molecular weight excluding hydrogens is 174 g/mol. The molecule has 3 nitrogen and oxygen atoms in total. The lowest BCUT2D eigenvalue weighted by Crippen LogP contribution is -2.16. The van der Waals surface area contributed by atoms with E-state index in [4.69, 9.17) is 0 Å². The van der Waals surface area contributed by atoms with Crippen LogP contribution in [0, 0.1) is 6.92 Å². The number of hydrogen-bond donors (Lipinski definition) is 1. The number of nitrogens with zero attached hydrogens (tertiary/aromatic N) is 2. The summed E-state index contributed by atoms with van der Waals surface area (Å²) in [6.45, 7) is 8.39. The van der Waals surface area contributed by atoms with Gasteiger partial charge in [-0.1, -0.05) is 20.8 Å². The molecule has 0 aromatic carbocycles. The summed E-state index contributed by atoms with van der Waals surface area (Å²) in [7, 11) is 0. The Balaban J connectivity index is 2.70. The molecule has 0 fully saturated rings. The van der Waals surface area contributed by atoms with E-state index in [1.807, 2.05) is 19.2 Å². The second-order valence-electron chi connectivity index (χ2n) is 4.62. The van der Waals surface area contributed by atoms with Crippen molar-refractivity contribution < 1.29 is 0 Å². The van der Waals surface area contributed by atoms with Gasteiger partial charge >= 0.3 is 0 Å².